The number of piperazine rings is 1. The van der Waals surface area contributed by atoms with Crippen molar-refractivity contribution in [1.29, 1.82) is 0 Å². The molecule has 0 radical (unpaired) electrons. The van der Waals surface area contributed by atoms with Gasteiger partial charge in [0.15, 0.2) is 0 Å². The van der Waals surface area contributed by atoms with Crippen LogP contribution in [0.1, 0.15) is 39.5 Å². The summed E-state index contributed by atoms with van der Waals surface area (Å²) in [5.74, 6) is 0.852. The number of nitrogens with zero attached hydrogens (tertiary/aromatic N) is 1. The zero-order chi connectivity index (χ0) is 13.0. The van der Waals surface area contributed by atoms with E-state index in [1.807, 2.05) is 0 Å². The highest BCUT2D eigenvalue weighted by Crippen LogP contribution is 2.23. The fraction of sp³-hybridized carbons (Fsp3) is 0.929. The van der Waals surface area contributed by atoms with E-state index < -0.39 is 0 Å². The standard InChI is InChI=1S/C14H27N3O/c1-11-5-3-4-6-13(11)16-14(18)10-17-8-7-15-9-12(17)2/h11-13,15H,3-10H2,1-2H3,(H,16,18). The first-order valence-corrected chi connectivity index (χ1v) is 7.41. The summed E-state index contributed by atoms with van der Waals surface area (Å²) in [6.07, 6.45) is 5.00. The van der Waals surface area contributed by atoms with Crippen molar-refractivity contribution in [2.24, 2.45) is 5.92 Å². The van der Waals surface area contributed by atoms with E-state index in [4.69, 9.17) is 0 Å². The lowest BCUT2D eigenvalue weighted by molar-refractivity contribution is -0.124. The molecule has 0 spiro atoms. The molecule has 104 valence electrons. The van der Waals surface area contributed by atoms with Gasteiger partial charge in [0.2, 0.25) is 5.91 Å². The van der Waals surface area contributed by atoms with Crippen LogP contribution in [-0.2, 0) is 4.79 Å². The lowest BCUT2D eigenvalue weighted by Crippen LogP contribution is -2.54. The molecule has 0 aromatic rings. The molecule has 3 atom stereocenters. The van der Waals surface area contributed by atoms with E-state index >= 15 is 0 Å². The van der Waals surface area contributed by atoms with E-state index in [9.17, 15) is 4.79 Å². The third-order valence-corrected chi connectivity index (χ3v) is 4.44. The zero-order valence-electron chi connectivity index (χ0n) is 11.7. The van der Waals surface area contributed by atoms with Crippen molar-refractivity contribution < 1.29 is 4.79 Å². The molecule has 0 aromatic heterocycles. The highest BCUT2D eigenvalue weighted by Gasteiger charge is 2.25. The van der Waals surface area contributed by atoms with Crippen LogP contribution in [0.3, 0.4) is 0 Å². The predicted octanol–water partition coefficient (Wildman–Crippen LogP) is 0.975. The Morgan fingerprint density at radius 2 is 2.11 bits per heavy atom. The molecule has 0 aromatic carbocycles. The molecule has 4 nitrogen and oxygen atoms in total. The Balaban J connectivity index is 1.77. The average molecular weight is 253 g/mol. The second-order valence-electron chi connectivity index (χ2n) is 5.96. The Hall–Kier alpha value is -0.610. The third kappa shape index (κ3) is 3.69. The van der Waals surface area contributed by atoms with Gasteiger partial charge >= 0.3 is 0 Å². The molecular weight excluding hydrogens is 226 g/mol. The second kappa shape index (κ2) is 6.53. The molecule has 2 aliphatic rings. The molecule has 2 fully saturated rings. The predicted molar refractivity (Wildman–Crippen MR) is 73.5 cm³/mol. The normalized spacial score (nSPS) is 34.2. The van der Waals surface area contributed by atoms with Gasteiger partial charge in [-0.2, -0.15) is 0 Å². The van der Waals surface area contributed by atoms with Crippen molar-refractivity contribution in [3.8, 4) is 0 Å². The van der Waals surface area contributed by atoms with Crippen LogP contribution in [0.2, 0.25) is 0 Å². The third-order valence-electron chi connectivity index (χ3n) is 4.44. The summed E-state index contributed by atoms with van der Waals surface area (Å²) in [4.78, 5) is 14.4. The van der Waals surface area contributed by atoms with Crippen LogP contribution in [0.15, 0.2) is 0 Å². The van der Waals surface area contributed by atoms with Crippen molar-refractivity contribution in [3.63, 3.8) is 0 Å². The summed E-state index contributed by atoms with van der Waals surface area (Å²) < 4.78 is 0. The lowest BCUT2D eigenvalue weighted by atomic mass is 9.86. The second-order valence-corrected chi connectivity index (χ2v) is 5.96. The van der Waals surface area contributed by atoms with Gasteiger partial charge in [-0.15, -0.1) is 0 Å². The summed E-state index contributed by atoms with van der Waals surface area (Å²) in [5, 5.41) is 6.59. The van der Waals surface area contributed by atoms with E-state index in [0.717, 1.165) is 26.1 Å². The molecule has 1 saturated heterocycles. The maximum Gasteiger partial charge on any atom is 0.234 e. The fourth-order valence-corrected chi connectivity index (χ4v) is 3.09. The van der Waals surface area contributed by atoms with E-state index in [-0.39, 0.29) is 5.91 Å². The van der Waals surface area contributed by atoms with E-state index in [0.29, 0.717) is 24.5 Å². The lowest BCUT2D eigenvalue weighted by Gasteiger charge is -2.35. The molecule has 1 aliphatic carbocycles. The molecular formula is C14H27N3O. The highest BCUT2D eigenvalue weighted by atomic mass is 16.2. The Morgan fingerprint density at radius 3 is 2.83 bits per heavy atom. The van der Waals surface area contributed by atoms with Gasteiger partial charge in [-0.1, -0.05) is 19.8 Å². The monoisotopic (exact) mass is 253 g/mol. The largest absolute Gasteiger partial charge is 0.352 e. The first-order valence-electron chi connectivity index (χ1n) is 7.41. The average Bonchev–Trinajstić information content (AvgIpc) is 2.35. The quantitative estimate of drug-likeness (QED) is 0.788. The Bertz CT molecular complexity index is 256. The topological polar surface area (TPSA) is 44.4 Å². The summed E-state index contributed by atoms with van der Waals surface area (Å²) in [6, 6.07) is 0.873. The van der Waals surface area contributed by atoms with Crippen LogP contribution in [0.5, 0.6) is 0 Å². The summed E-state index contributed by atoms with van der Waals surface area (Å²) in [5.41, 5.74) is 0. The molecule has 3 unspecified atom stereocenters. The van der Waals surface area contributed by atoms with Crippen molar-refractivity contribution in [2.45, 2.75) is 51.6 Å². The molecule has 2 rings (SSSR count). The van der Waals surface area contributed by atoms with E-state index in [1.54, 1.807) is 0 Å². The van der Waals surface area contributed by atoms with Crippen molar-refractivity contribution in [1.82, 2.24) is 15.5 Å². The summed E-state index contributed by atoms with van der Waals surface area (Å²) in [6.45, 7) is 7.98. The van der Waals surface area contributed by atoms with Gasteiger partial charge in [0.05, 0.1) is 6.54 Å². The van der Waals surface area contributed by atoms with Gasteiger partial charge in [0, 0.05) is 31.7 Å². The van der Waals surface area contributed by atoms with Crippen LogP contribution in [-0.4, -0.2) is 49.1 Å². The van der Waals surface area contributed by atoms with Crippen LogP contribution in [0.25, 0.3) is 0 Å². The molecule has 1 heterocycles. The minimum atomic E-state index is 0.211. The smallest absolute Gasteiger partial charge is 0.234 e. The maximum atomic E-state index is 12.1. The van der Waals surface area contributed by atoms with Gasteiger partial charge < -0.3 is 10.6 Å². The minimum absolute atomic E-state index is 0.211. The first kappa shape index (κ1) is 13.8. The van der Waals surface area contributed by atoms with Gasteiger partial charge in [0.1, 0.15) is 0 Å². The fourth-order valence-electron chi connectivity index (χ4n) is 3.09. The minimum Gasteiger partial charge on any atom is -0.352 e. The molecule has 2 N–H and O–H groups in total. The van der Waals surface area contributed by atoms with Crippen molar-refractivity contribution in [3.05, 3.63) is 0 Å². The van der Waals surface area contributed by atoms with Crippen molar-refractivity contribution >= 4 is 5.91 Å². The number of hydrogen-bond donors (Lipinski definition) is 2. The number of hydrogen-bond acceptors (Lipinski definition) is 3. The summed E-state index contributed by atoms with van der Waals surface area (Å²) >= 11 is 0. The first-order chi connectivity index (χ1) is 8.66. The Kier molecular flexibility index (Phi) is 5.01. The van der Waals surface area contributed by atoms with Crippen molar-refractivity contribution in [2.75, 3.05) is 26.2 Å². The van der Waals surface area contributed by atoms with Crippen LogP contribution < -0.4 is 10.6 Å². The van der Waals surface area contributed by atoms with Gasteiger partial charge in [-0.05, 0) is 25.7 Å². The molecule has 18 heavy (non-hydrogen) atoms. The number of nitrogens with one attached hydrogen (secondary N) is 2. The molecule has 1 amide bonds. The number of carbonyl (C=O) groups excluding carboxylic acids is 1. The van der Waals surface area contributed by atoms with Gasteiger partial charge in [0.25, 0.3) is 0 Å². The van der Waals surface area contributed by atoms with E-state index in [1.165, 1.54) is 19.3 Å². The highest BCUT2D eigenvalue weighted by molar-refractivity contribution is 5.78. The summed E-state index contributed by atoms with van der Waals surface area (Å²) in [7, 11) is 0. The van der Waals surface area contributed by atoms with Gasteiger partial charge in [-0.25, -0.2) is 0 Å². The van der Waals surface area contributed by atoms with Crippen LogP contribution >= 0.6 is 0 Å². The van der Waals surface area contributed by atoms with Gasteiger partial charge in [-0.3, -0.25) is 9.69 Å². The Labute approximate surface area is 110 Å². The molecule has 0 bridgehead atoms. The molecule has 4 heteroatoms. The van der Waals surface area contributed by atoms with E-state index in [2.05, 4.69) is 29.4 Å². The number of carbonyl (C=O) groups is 1. The molecule has 1 saturated carbocycles. The zero-order valence-corrected chi connectivity index (χ0v) is 11.7. The molecule has 1 aliphatic heterocycles. The number of rotatable bonds is 3. The maximum absolute atomic E-state index is 12.1. The van der Waals surface area contributed by atoms with Crippen LogP contribution in [0.4, 0.5) is 0 Å². The van der Waals surface area contributed by atoms with Crippen LogP contribution in [0, 0.1) is 5.92 Å². The SMILES string of the molecule is CC1CCCCC1NC(=O)CN1CCNCC1C. The number of amides is 1. The Morgan fingerprint density at radius 1 is 1.33 bits per heavy atom.